The van der Waals surface area contributed by atoms with E-state index in [-0.39, 0.29) is 0 Å². The van der Waals surface area contributed by atoms with Crippen molar-refractivity contribution >= 4 is 0 Å². The third-order valence-corrected chi connectivity index (χ3v) is 39.6. The van der Waals surface area contributed by atoms with Crippen molar-refractivity contribution in [1.29, 1.82) is 0 Å². The maximum absolute atomic E-state index is 3.67. The highest BCUT2D eigenvalue weighted by atomic mass is 15.2. The van der Waals surface area contributed by atoms with E-state index in [9.17, 15) is 0 Å². The van der Waals surface area contributed by atoms with Crippen molar-refractivity contribution in [3.8, 4) is 0 Å². The van der Waals surface area contributed by atoms with Crippen molar-refractivity contribution in [3.63, 3.8) is 0 Å². The number of hydrogen-bond acceptors (Lipinski definition) is 2. The molecule has 0 saturated heterocycles. The molecule has 0 aromatic heterocycles. The molecule has 9 unspecified atom stereocenters. The van der Waals surface area contributed by atoms with Gasteiger partial charge in [0.15, 0.2) is 0 Å². The Bertz CT molecular complexity index is 2720. The van der Waals surface area contributed by atoms with Gasteiger partial charge >= 0.3 is 0 Å². The molecule has 2 heteroatoms. The van der Waals surface area contributed by atoms with E-state index < -0.39 is 0 Å². The lowest BCUT2D eigenvalue weighted by atomic mass is 9.45. The van der Waals surface area contributed by atoms with E-state index in [0.29, 0.717) is 0 Å². The van der Waals surface area contributed by atoms with E-state index in [1.807, 2.05) is 22.3 Å². The van der Waals surface area contributed by atoms with Gasteiger partial charge in [-0.2, -0.15) is 0 Å². The summed E-state index contributed by atoms with van der Waals surface area (Å²) in [6.45, 7) is 13.2. The van der Waals surface area contributed by atoms with Gasteiger partial charge in [-0.05, 0) is 398 Å². The fourth-order valence-electron chi connectivity index (χ4n) is 33.7. The zero-order chi connectivity index (χ0) is 75.2. The van der Waals surface area contributed by atoms with Crippen molar-refractivity contribution in [3.05, 3.63) is 46.6 Å². The topological polar surface area (TPSA) is 6.48 Å². The number of hydrogen-bond donors (Lipinski definition) is 0. The zero-order valence-electron chi connectivity index (χ0n) is 74.1. The number of nitrogens with zero attached hydrogens (tertiary/aromatic N) is 2. The minimum atomic E-state index is 0.824. The molecule has 0 aromatic carbocycles. The fourth-order valence-corrected chi connectivity index (χ4v) is 33.7. The van der Waals surface area contributed by atoms with Gasteiger partial charge in [-0.1, -0.05) is 248 Å². The summed E-state index contributed by atoms with van der Waals surface area (Å²) in [5.41, 5.74) is 8.12. The number of allylic oxidation sites excluding steroid dienone is 8. The molecule has 2 nitrogen and oxygen atoms in total. The average Bonchev–Trinajstić information content (AvgIpc) is 0.717. The Morgan fingerprint density at radius 1 is 0.189 bits per heavy atom. The highest BCUT2D eigenvalue weighted by Crippen LogP contribution is 2.64. The molecule has 0 N–H and O–H groups in total. The SMILES string of the molecule is CC1CCC(/C(=C/C2CCC(N(C3CCC(/C=C(\C4CCCCC4)C4CCC(C)CC4)CC3)C3CCC(C4C5CCCCC5C(N(C5CCC(/C=C(\C6CCCCC6)C6CCC(C)CC6)CC5)C5CCC(/C=C(\C6CCCCC6)C6CCC(C)CC6)CC5)C5CCCCC54)C4C(C)CCCC43)CC2)C2CCCCC2)CC1. The van der Waals surface area contributed by atoms with Crippen LogP contribution in [0.2, 0.25) is 0 Å². The number of rotatable bonds is 19. The van der Waals surface area contributed by atoms with E-state index in [1.54, 1.807) is 70.6 Å². The van der Waals surface area contributed by atoms with Crippen LogP contribution in [0.1, 0.15) is 452 Å². The molecule has 0 aliphatic heterocycles. The largest absolute Gasteiger partial charge is 0.294 e. The van der Waals surface area contributed by atoms with Gasteiger partial charge in [0.2, 0.25) is 0 Å². The summed E-state index contributed by atoms with van der Waals surface area (Å²) >= 11 is 0. The molecule has 0 bridgehead atoms. The standard InChI is InChI=1S/C109H180N2/c1-75-37-53-88(54-38-75)102(84-24-10-6-11-25-84)71-80-45-61-92(62-46-80)110(93-63-47-81(48-64-93)72-103(85-26-12-7-13-27-85)89-55-39-76(2)40-56-89)106-70-69-101(107-79(5)23-22-36-100(106)107)108-96-32-18-20-34-98(96)109(99-35-21-19-33-97(99)108)111(94-65-49-82(50-66-94)73-104(86-28-14-8-15-29-86)90-57-41-77(3)42-58-90)95-67-51-83(52-68-95)74-105(87-30-16-9-17-31-87)91-59-43-78(4)44-60-91/h71-101,106-109H,6-70H2,1-5H3/b102-71+,103-72+,104-73+,105-74+. The second-order valence-corrected chi connectivity index (χ2v) is 46.3. The maximum atomic E-state index is 3.67. The Labute approximate surface area is 688 Å². The van der Waals surface area contributed by atoms with Crippen LogP contribution in [-0.4, -0.2) is 46.1 Å². The molecule has 17 fully saturated rings. The first-order valence-corrected chi connectivity index (χ1v) is 53.0. The third kappa shape index (κ3) is 19.6. The van der Waals surface area contributed by atoms with Crippen LogP contribution in [0.5, 0.6) is 0 Å². The summed E-state index contributed by atoms with van der Waals surface area (Å²) in [5, 5.41) is 0. The lowest BCUT2D eigenvalue weighted by Gasteiger charge is -2.65. The molecule has 0 spiro atoms. The molecule has 111 heavy (non-hydrogen) atoms. The van der Waals surface area contributed by atoms with Gasteiger partial charge < -0.3 is 0 Å². The Morgan fingerprint density at radius 3 is 0.757 bits per heavy atom. The molecular weight excluding hydrogens is 1340 g/mol. The van der Waals surface area contributed by atoms with Gasteiger partial charge in [0.25, 0.3) is 0 Å². The minimum Gasteiger partial charge on any atom is -0.294 e. The van der Waals surface area contributed by atoms with E-state index in [2.05, 4.69) is 68.7 Å². The Balaban J connectivity index is 0.660. The van der Waals surface area contributed by atoms with Crippen molar-refractivity contribution < 1.29 is 0 Å². The van der Waals surface area contributed by atoms with Gasteiger partial charge in [0.05, 0.1) is 0 Å². The first-order chi connectivity index (χ1) is 54.6. The van der Waals surface area contributed by atoms with Crippen molar-refractivity contribution in [2.24, 2.45) is 148 Å². The summed E-state index contributed by atoms with van der Waals surface area (Å²) < 4.78 is 0. The highest BCUT2D eigenvalue weighted by molar-refractivity contribution is 5.21. The van der Waals surface area contributed by atoms with Crippen LogP contribution >= 0.6 is 0 Å². The molecule has 9 atom stereocenters. The quantitative estimate of drug-likeness (QED) is 0.119. The smallest absolute Gasteiger partial charge is 0.0163 e. The average molecular weight is 1520 g/mol. The van der Waals surface area contributed by atoms with Gasteiger partial charge in [-0.15, -0.1) is 0 Å². The fraction of sp³-hybridized carbons (Fsp3) is 0.927. The van der Waals surface area contributed by atoms with Crippen LogP contribution in [0, 0.1) is 148 Å². The minimum absolute atomic E-state index is 0.824. The summed E-state index contributed by atoms with van der Waals surface area (Å²) in [4.78, 5) is 7.27. The summed E-state index contributed by atoms with van der Waals surface area (Å²) in [6.07, 6.45) is 111. The molecule has 0 aromatic rings. The van der Waals surface area contributed by atoms with Crippen LogP contribution < -0.4 is 0 Å². The van der Waals surface area contributed by atoms with Gasteiger partial charge in [-0.3, -0.25) is 9.80 Å². The lowest BCUT2D eigenvalue weighted by Crippen LogP contribution is -2.65. The number of fused-ring (bicyclic) bond motifs is 3. The second-order valence-electron chi connectivity index (χ2n) is 46.3. The van der Waals surface area contributed by atoms with Crippen LogP contribution in [0.3, 0.4) is 0 Å². The van der Waals surface area contributed by atoms with Crippen LogP contribution in [-0.2, 0) is 0 Å². The third-order valence-electron chi connectivity index (χ3n) is 39.6. The van der Waals surface area contributed by atoms with Gasteiger partial charge in [0.1, 0.15) is 0 Å². The molecule has 0 radical (unpaired) electrons. The van der Waals surface area contributed by atoms with Crippen molar-refractivity contribution in [1.82, 2.24) is 9.80 Å². The molecule has 0 amide bonds. The molecule has 626 valence electrons. The normalized spacial score (nSPS) is 44.8. The maximum Gasteiger partial charge on any atom is 0.0163 e. The monoisotopic (exact) mass is 1520 g/mol. The summed E-state index contributed by atoms with van der Waals surface area (Å²) in [7, 11) is 0. The second kappa shape index (κ2) is 39.6. The molecule has 17 aliphatic rings. The summed E-state index contributed by atoms with van der Waals surface area (Å²) in [6, 6.07) is 5.01. The van der Waals surface area contributed by atoms with E-state index in [4.69, 9.17) is 0 Å². The predicted molar refractivity (Wildman–Crippen MR) is 474 cm³/mol. The Kier molecular flexibility index (Phi) is 29.3. The molecular formula is C109H180N2. The van der Waals surface area contributed by atoms with E-state index >= 15 is 0 Å². The van der Waals surface area contributed by atoms with E-state index in [1.165, 1.54) is 347 Å². The lowest BCUT2D eigenvalue weighted by molar-refractivity contribution is -0.158. The first kappa shape index (κ1) is 82.2. The van der Waals surface area contributed by atoms with Crippen LogP contribution in [0.25, 0.3) is 0 Å². The molecule has 0 heterocycles. The van der Waals surface area contributed by atoms with Crippen molar-refractivity contribution in [2.75, 3.05) is 0 Å². The van der Waals surface area contributed by atoms with Crippen molar-refractivity contribution in [2.45, 2.75) is 488 Å². The Hall–Kier alpha value is -1.12. The van der Waals surface area contributed by atoms with Crippen LogP contribution in [0.15, 0.2) is 46.6 Å². The molecule has 17 saturated carbocycles. The van der Waals surface area contributed by atoms with Crippen LogP contribution in [0.4, 0.5) is 0 Å². The van der Waals surface area contributed by atoms with E-state index in [0.717, 1.165) is 184 Å². The Morgan fingerprint density at radius 2 is 0.450 bits per heavy atom. The summed E-state index contributed by atoms with van der Waals surface area (Å²) in [5.74, 6) is 23.1. The predicted octanol–water partition coefficient (Wildman–Crippen LogP) is 31.6. The van der Waals surface area contributed by atoms with Gasteiger partial charge in [0, 0.05) is 36.3 Å². The van der Waals surface area contributed by atoms with Gasteiger partial charge in [-0.25, -0.2) is 0 Å². The molecule has 17 rings (SSSR count). The zero-order valence-corrected chi connectivity index (χ0v) is 74.1. The molecule has 17 aliphatic carbocycles. The first-order valence-electron chi connectivity index (χ1n) is 53.0. The highest BCUT2D eigenvalue weighted by Gasteiger charge is 2.60.